The van der Waals surface area contributed by atoms with Gasteiger partial charge in [0.05, 0.1) is 65.4 Å². The summed E-state index contributed by atoms with van der Waals surface area (Å²) in [6.07, 6.45) is 8.20. The van der Waals surface area contributed by atoms with Gasteiger partial charge in [-0.3, -0.25) is 0 Å². The van der Waals surface area contributed by atoms with Crippen LogP contribution >= 0.6 is 0 Å². The van der Waals surface area contributed by atoms with Gasteiger partial charge in [0.1, 0.15) is 34.5 Å². The van der Waals surface area contributed by atoms with Crippen LogP contribution in [0.1, 0.15) is 33.9 Å². The highest BCUT2D eigenvalue weighted by atomic mass is 16.5. The minimum Gasteiger partial charge on any atom is -0.497 e. The van der Waals surface area contributed by atoms with E-state index in [9.17, 15) is 0 Å². The molecule has 0 saturated heterocycles. The molecule has 0 spiro atoms. The van der Waals surface area contributed by atoms with Crippen LogP contribution in [0.2, 0.25) is 0 Å². The first kappa shape index (κ1) is 43.0. The van der Waals surface area contributed by atoms with E-state index in [-0.39, 0.29) is 0 Å². The number of fused-ring (bicyclic) bond motifs is 8. The molecule has 3 aromatic heterocycles. The Morgan fingerprint density at radius 3 is 0.926 bits per heavy atom. The second-order valence-corrected chi connectivity index (χ2v) is 16.0. The molecular weight excluding hydrogens is 849 g/mol. The van der Waals surface area contributed by atoms with Crippen LogP contribution < -0.4 is 28.4 Å². The summed E-state index contributed by atoms with van der Waals surface area (Å²) in [6, 6.07) is 44.1. The van der Waals surface area contributed by atoms with E-state index in [1.165, 1.54) is 0 Å². The third kappa shape index (κ3) is 8.41. The number of aromatic amines is 2. The second kappa shape index (κ2) is 18.5. The molecular formula is C58H46N4O6. The van der Waals surface area contributed by atoms with E-state index in [0.29, 0.717) is 34.5 Å². The fraction of sp³-hybridized carbons (Fsp3) is 0.103. The van der Waals surface area contributed by atoms with E-state index in [1.807, 2.05) is 109 Å². The molecule has 68 heavy (non-hydrogen) atoms. The molecule has 10 heteroatoms. The largest absolute Gasteiger partial charge is 0.497 e. The van der Waals surface area contributed by atoms with E-state index >= 15 is 0 Å². The first-order chi connectivity index (χ1) is 33.3. The van der Waals surface area contributed by atoms with Gasteiger partial charge in [0, 0.05) is 73.6 Å². The van der Waals surface area contributed by atoms with Gasteiger partial charge in [0.25, 0.3) is 0 Å². The summed E-state index contributed by atoms with van der Waals surface area (Å²) in [5.41, 5.74) is 14.9. The van der Waals surface area contributed by atoms with Crippen LogP contribution in [0.4, 0.5) is 0 Å². The summed E-state index contributed by atoms with van der Waals surface area (Å²) in [5.74, 6) is 10.5. The molecule has 0 radical (unpaired) electrons. The number of aromatic nitrogens is 4. The Morgan fingerprint density at radius 2 is 0.618 bits per heavy atom. The fourth-order valence-electron chi connectivity index (χ4n) is 8.66. The first-order valence-electron chi connectivity index (χ1n) is 21.9. The Balaban J connectivity index is 1.34. The van der Waals surface area contributed by atoms with Crippen molar-refractivity contribution in [2.75, 3.05) is 42.7 Å². The molecule has 334 valence electrons. The number of ether oxygens (including phenoxy) is 6. The van der Waals surface area contributed by atoms with Crippen molar-refractivity contribution in [3.8, 4) is 90.8 Å². The van der Waals surface area contributed by atoms with E-state index in [0.717, 1.165) is 100 Å². The van der Waals surface area contributed by atoms with Gasteiger partial charge >= 0.3 is 0 Å². The van der Waals surface area contributed by atoms with E-state index in [1.54, 1.807) is 42.7 Å². The Morgan fingerprint density at radius 1 is 0.324 bits per heavy atom. The molecule has 2 aliphatic heterocycles. The molecule has 0 saturated carbocycles. The van der Waals surface area contributed by atoms with Crippen LogP contribution in [-0.2, 0) is 0 Å². The monoisotopic (exact) mass is 894 g/mol. The molecule has 0 atom stereocenters. The summed E-state index contributed by atoms with van der Waals surface area (Å²) in [5, 5.41) is 0. The Kier molecular flexibility index (Phi) is 11.7. The second-order valence-electron chi connectivity index (χ2n) is 16.0. The zero-order valence-corrected chi connectivity index (χ0v) is 38.4. The van der Waals surface area contributed by atoms with Gasteiger partial charge in [-0.1, -0.05) is 42.2 Å². The lowest BCUT2D eigenvalue weighted by Crippen LogP contribution is -1.93. The number of hydrogen-bond donors (Lipinski definition) is 2. The first-order valence-corrected chi connectivity index (χ1v) is 21.9. The third-order valence-electron chi connectivity index (χ3n) is 12.0. The van der Waals surface area contributed by atoms with Crippen LogP contribution in [-0.4, -0.2) is 62.6 Å². The Hall–Kier alpha value is -8.94. The molecule has 5 aromatic carbocycles. The van der Waals surface area contributed by atoms with Crippen molar-refractivity contribution in [3.63, 3.8) is 0 Å². The number of benzene rings is 5. The lowest BCUT2D eigenvalue weighted by atomic mass is 10.0. The summed E-state index contributed by atoms with van der Waals surface area (Å²) in [4.78, 5) is 18.6. The van der Waals surface area contributed by atoms with Crippen LogP contribution in [0.5, 0.6) is 34.5 Å². The average molecular weight is 895 g/mol. The zero-order chi connectivity index (χ0) is 46.7. The average Bonchev–Trinajstić information content (AvgIpc) is 4.25. The minimum atomic E-state index is 0.637. The molecule has 0 unspecified atom stereocenters. The van der Waals surface area contributed by atoms with Crippen molar-refractivity contribution >= 4 is 46.4 Å². The van der Waals surface area contributed by atoms with Gasteiger partial charge in [-0.2, -0.15) is 0 Å². The van der Waals surface area contributed by atoms with E-state index in [4.69, 9.17) is 38.4 Å². The van der Waals surface area contributed by atoms with Crippen molar-refractivity contribution < 1.29 is 28.4 Å². The maximum atomic E-state index is 5.80. The predicted octanol–water partition coefficient (Wildman–Crippen LogP) is 12.8. The van der Waals surface area contributed by atoms with Crippen molar-refractivity contribution in [2.24, 2.45) is 0 Å². The van der Waals surface area contributed by atoms with E-state index < -0.39 is 0 Å². The smallest absolute Gasteiger partial charge is 0.123 e. The summed E-state index contributed by atoms with van der Waals surface area (Å²) >= 11 is 0. The number of methoxy groups -OCH3 is 6. The molecule has 0 aliphatic carbocycles. The van der Waals surface area contributed by atoms with Crippen LogP contribution in [0.3, 0.4) is 0 Å². The maximum absolute atomic E-state index is 5.80. The molecule has 5 heterocycles. The van der Waals surface area contributed by atoms with Crippen molar-refractivity contribution in [2.45, 2.75) is 0 Å². The highest BCUT2D eigenvalue weighted by Crippen LogP contribution is 2.42. The molecule has 0 fully saturated rings. The molecule has 0 amide bonds. The molecule has 8 aromatic rings. The zero-order valence-electron chi connectivity index (χ0n) is 38.4. The SMILES string of the molecule is COc1cc(OC)cc(-c2c3nc(c(-c4cc(OC)cc(OC)c4)c4ccc([nH]4)c(-c4cc(OC)cc(OC)c4)c4nc(c(-c5ccc(C#Cc6ccccc6)cc5)c5ccc2[nH]5)C=C4)C=C3)c1. The van der Waals surface area contributed by atoms with Crippen molar-refractivity contribution in [1.29, 1.82) is 0 Å². The van der Waals surface area contributed by atoms with Crippen molar-refractivity contribution in [3.05, 3.63) is 167 Å². The van der Waals surface area contributed by atoms with Gasteiger partial charge in [0.15, 0.2) is 0 Å². The Bertz CT molecular complexity index is 3420. The lowest BCUT2D eigenvalue weighted by molar-refractivity contribution is 0.394. The number of nitrogens with zero attached hydrogens (tertiary/aromatic N) is 2. The topological polar surface area (TPSA) is 113 Å². The predicted molar refractivity (Wildman–Crippen MR) is 272 cm³/mol. The van der Waals surface area contributed by atoms with Gasteiger partial charge in [-0.15, -0.1) is 0 Å². The standard InChI is InChI=1S/C58H46N4O6/c1-63-41-26-38(27-42(32-41)64-2)56-49-20-18-47(59-49)55(37-16-14-36(15-17-37)13-12-35-10-8-7-9-11-35)48-19-21-50(60-48)57(39-28-43(65-3)33-44(29-39)66-4)52-23-25-54(62-52)58(53-24-22-51(56)61-53)40-30-45(67-5)34-46(31-40)68-6/h7-11,14-34,59,62H,1-6H3. The van der Waals surface area contributed by atoms with Crippen LogP contribution in [0.15, 0.2) is 133 Å². The van der Waals surface area contributed by atoms with Crippen LogP contribution in [0, 0.1) is 11.8 Å². The molecule has 10 rings (SSSR count). The minimum absolute atomic E-state index is 0.637. The summed E-state index contributed by atoms with van der Waals surface area (Å²) in [6.45, 7) is 0. The van der Waals surface area contributed by atoms with E-state index in [2.05, 4.69) is 70.4 Å². The van der Waals surface area contributed by atoms with Crippen molar-refractivity contribution in [1.82, 2.24) is 19.9 Å². The van der Waals surface area contributed by atoms with Gasteiger partial charge in [0.2, 0.25) is 0 Å². The normalized spacial score (nSPS) is 11.4. The Labute approximate surface area is 394 Å². The fourth-order valence-corrected chi connectivity index (χ4v) is 8.66. The lowest BCUT2D eigenvalue weighted by Gasteiger charge is -2.11. The van der Waals surface area contributed by atoms with Gasteiger partial charge in [-0.25, -0.2) is 9.97 Å². The van der Waals surface area contributed by atoms with Crippen LogP contribution in [0.25, 0.3) is 90.9 Å². The number of rotatable bonds is 10. The molecule has 8 bridgehead atoms. The highest BCUT2D eigenvalue weighted by molar-refractivity contribution is 6.00. The quantitative estimate of drug-likeness (QED) is 0.131. The molecule has 10 nitrogen and oxygen atoms in total. The summed E-state index contributed by atoms with van der Waals surface area (Å²) in [7, 11) is 9.89. The maximum Gasteiger partial charge on any atom is 0.123 e. The van der Waals surface area contributed by atoms with Gasteiger partial charge in [-0.05, 0) is 131 Å². The third-order valence-corrected chi connectivity index (χ3v) is 12.0. The molecule has 2 N–H and O–H groups in total. The van der Waals surface area contributed by atoms with Gasteiger partial charge < -0.3 is 38.4 Å². The number of hydrogen-bond acceptors (Lipinski definition) is 8. The number of H-pyrrole nitrogens is 2. The summed E-state index contributed by atoms with van der Waals surface area (Å²) < 4.78 is 34.8. The number of nitrogens with one attached hydrogen (secondary N) is 2. The highest BCUT2D eigenvalue weighted by Gasteiger charge is 2.21. The molecule has 2 aliphatic rings.